The molecule has 0 amide bonds. The number of nitrogens with two attached hydrogens (primary N) is 1. The lowest BCUT2D eigenvalue weighted by molar-refractivity contribution is -0.143. The van der Waals surface area contributed by atoms with Gasteiger partial charge in [0.05, 0.1) is 7.11 Å². The lowest BCUT2D eigenvalue weighted by atomic mass is 9.93. The number of carbonyl (C=O) groups is 2. The highest BCUT2D eigenvalue weighted by molar-refractivity contribution is 9.10. The molecular formula is C13H16BrNO3. The fourth-order valence-electron chi connectivity index (χ4n) is 1.74. The van der Waals surface area contributed by atoms with Crippen LogP contribution in [0.25, 0.3) is 0 Å². The summed E-state index contributed by atoms with van der Waals surface area (Å²) in [6, 6.07) is 5.12. The second-order valence-corrected chi connectivity index (χ2v) is 5.71. The Balaban J connectivity index is 3.33. The highest BCUT2D eigenvalue weighted by atomic mass is 79.9. The second-order valence-electron chi connectivity index (χ2n) is 4.13. The summed E-state index contributed by atoms with van der Waals surface area (Å²) in [7, 11) is 1.33. The van der Waals surface area contributed by atoms with Gasteiger partial charge >= 0.3 is 5.97 Å². The van der Waals surface area contributed by atoms with Crippen molar-refractivity contribution in [1.29, 1.82) is 0 Å². The first kappa shape index (κ1) is 14.9. The molecule has 0 radical (unpaired) electrons. The van der Waals surface area contributed by atoms with E-state index in [4.69, 9.17) is 10.5 Å². The molecule has 1 aromatic rings. The fraction of sp³-hybridized carbons (Fsp3) is 0.385. The number of rotatable bonds is 4. The first-order valence-electron chi connectivity index (χ1n) is 5.46. The van der Waals surface area contributed by atoms with E-state index < -0.39 is 10.3 Å². The van der Waals surface area contributed by atoms with E-state index in [1.165, 1.54) is 14.0 Å². The van der Waals surface area contributed by atoms with Crippen LogP contribution < -0.4 is 5.73 Å². The third kappa shape index (κ3) is 2.79. The van der Waals surface area contributed by atoms with Gasteiger partial charge in [-0.25, -0.2) is 0 Å². The Kier molecular flexibility index (Phi) is 4.65. The topological polar surface area (TPSA) is 69.4 Å². The van der Waals surface area contributed by atoms with Crippen LogP contribution in [0.1, 0.15) is 35.3 Å². The molecule has 0 saturated heterocycles. The van der Waals surface area contributed by atoms with Crippen LogP contribution in [0.15, 0.2) is 18.2 Å². The van der Waals surface area contributed by atoms with Gasteiger partial charge in [-0.15, -0.1) is 0 Å². The molecule has 1 atom stereocenters. The average molecular weight is 314 g/mol. The van der Waals surface area contributed by atoms with Gasteiger partial charge in [0.15, 0.2) is 5.78 Å². The van der Waals surface area contributed by atoms with Crippen molar-refractivity contribution in [2.75, 3.05) is 7.11 Å². The zero-order chi connectivity index (χ0) is 13.9. The Morgan fingerprint density at radius 2 is 2.06 bits per heavy atom. The summed E-state index contributed by atoms with van der Waals surface area (Å²) < 4.78 is 3.79. The van der Waals surface area contributed by atoms with Crippen LogP contribution in [-0.2, 0) is 20.4 Å². The van der Waals surface area contributed by atoms with Crippen molar-refractivity contribution in [2.24, 2.45) is 5.73 Å². The maximum atomic E-state index is 11.7. The summed E-state index contributed by atoms with van der Waals surface area (Å²) in [5.74, 6) is -0.446. The number of benzene rings is 1. The molecule has 1 aromatic carbocycles. The molecule has 0 aromatic heterocycles. The summed E-state index contributed by atoms with van der Waals surface area (Å²) in [6.07, 6.45) is 0. The molecule has 0 heterocycles. The van der Waals surface area contributed by atoms with E-state index in [9.17, 15) is 9.59 Å². The molecule has 0 spiro atoms. The molecule has 0 bridgehead atoms. The molecule has 1 rings (SSSR count). The summed E-state index contributed by atoms with van der Waals surface area (Å²) >= 11 is 3.35. The van der Waals surface area contributed by atoms with Gasteiger partial charge in [0.2, 0.25) is 0 Å². The highest BCUT2D eigenvalue weighted by Gasteiger charge is 2.35. The van der Waals surface area contributed by atoms with Gasteiger partial charge < -0.3 is 10.5 Å². The molecule has 0 aliphatic heterocycles. The van der Waals surface area contributed by atoms with Crippen molar-refractivity contribution < 1.29 is 14.3 Å². The van der Waals surface area contributed by atoms with Crippen LogP contribution >= 0.6 is 15.9 Å². The van der Waals surface area contributed by atoms with Crippen molar-refractivity contribution in [3.63, 3.8) is 0 Å². The first-order chi connectivity index (χ1) is 8.34. The van der Waals surface area contributed by atoms with Crippen molar-refractivity contribution in [3.8, 4) is 0 Å². The predicted octanol–water partition coefficient (Wildman–Crippen LogP) is 2.13. The molecule has 0 saturated carbocycles. The molecule has 18 heavy (non-hydrogen) atoms. The summed E-state index contributed by atoms with van der Waals surface area (Å²) in [6.45, 7) is 3.43. The molecular weight excluding hydrogens is 298 g/mol. The number of halogens is 1. The van der Waals surface area contributed by atoms with Crippen molar-refractivity contribution in [3.05, 3.63) is 34.9 Å². The van der Waals surface area contributed by atoms with Crippen molar-refractivity contribution in [1.82, 2.24) is 0 Å². The Hall–Kier alpha value is -1.20. The normalized spacial score (nSPS) is 13.8. The highest BCUT2D eigenvalue weighted by Crippen LogP contribution is 2.34. The predicted molar refractivity (Wildman–Crippen MR) is 72.6 cm³/mol. The van der Waals surface area contributed by atoms with Gasteiger partial charge in [-0.1, -0.05) is 28.1 Å². The van der Waals surface area contributed by atoms with Gasteiger partial charge in [0, 0.05) is 12.1 Å². The maximum absolute atomic E-state index is 11.7. The number of esters is 1. The Morgan fingerprint density at radius 1 is 1.44 bits per heavy atom. The summed E-state index contributed by atoms with van der Waals surface area (Å²) in [5.41, 5.74) is 7.70. The molecule has 0 fully saturated rings. The van der Waals surface area contributed by atoms with E-state index in [-0.39, 0.29) is 12.3 Å². The Labute approximate surface area is 115 Å². The Morgan fingerprint density at radius 3 is 2.50 bits per heavy atom. The van der Waals surface area contributed by atoms with Crippen LogP contribution in [0.5, 0.6) is 0 Å². The van der Waals surface area contributed by atoms with Gasteiger partial charge in [0.25, 0.3) is 0 Å². The van der Waals surface area contributed by atoms with Crippen LogP contribution in [0.3, 0.4) is 0 Å². The first-order valence-corrected chi connectivity index (χ1v) is 6.25. The number of alkyl halides is 1. The van der Waals surface area contributed by atoms with Crippen molar-refractivity contribution in [2.45, 2.75) is 24.7 Å². The molecule has 2 N–H and O–H groups in total. The number of ketones is 1. The lowest BCUT2D eigenvalue weighted by Gasteiger charge is -2.23. The minimum Gasteiger partial charge on any atom is -0.468 e. The van der Waals surface area contributed by atoms with Gasteiger partial charge in [-0.3, -0.25) is 9.59 Å². The maximum Gasteiger partial charge on any atom is 0.326 e. The minimum atomic E-state index is -0.966. The minimum absolute atomic E-state index is 0.0365. The summed E-state index contributed by atoms with van der Waals surface area (Å²) in [5, 5.41) is 0. The SMILES string of the molecule is COC(=O)C(C)(Br)c1ccc(C(C)=O)cc1CN. The number of ether oxygens (including phenoxy) is 1. The van der Waals surface area contributed by atoms with Gasteiger partial charge in [-0.05, 0) is 31.0 Å². The van der Waals surface area contributed by atoms with Crippen molar-refractivity contribution >= 4 is 27.7 Å². The number of Topliss-reactive ketones (excluding diaryl/α,β-unsaturated/α-hetero) is 1. The molecule has 98 valence electrons. The van der Waals surface area contributed by atoms with E-state index in [0.717, 1.165) is 5.56 Å². The summed E-state index contributed by atoms with van der Waals surface area (Å²) in [4.78, 5) is 23.1. The number of carbonyl (C=O) groups excluding carboxylic acids is 2. The third-order valence-electron chi connectivity index (χ3n) is 2.81. The third-order valence-corrected chi connectivity index (χ3v) is 3.56. The zero-order valence-electron chi connectivity index (χ0n) is 10.6. The van der Waals surface area contributed by atoms with Crippen LogP contribution in [0.2, 0.25) is 0 Å². The monoisotopic (exact) mass is 313 g/mol. The van der Waals surface area contributed by atoms with E-state index in [2.05, 4.69) is 15.9 Å². The van der Waals surface area contributed by atoms with E-state index in [0.29, 0.717) is 11.1 Å². The Bertz CT molecular complexity index is 483. The fourth-order valence-corrected chi connectivity index (χ4v) is 2.29. The molecule has 0 aliphatic rings. The number of hydrogen-bond donors (Lipinski definition) is 1. The zero-order valence-corrected chi connectivity index (χ0v) is 12.2. The quantitative estimate of drug-likeness (QED) is 0.525. The van der Waals surface area contributed by atoms with Crippen LogP contribution in [-0.4, -0.2) is 18.9 Å². The standard InChI is InChI=1S/C13H16BrNO3/c1-8(16)9-4-5-11(10(6-9)7-15)13(2,14)12(17)18-3/h4-6H,7,15H2,1-3H3. The molecule has 1 unspecified atom stereocenters. The smallest absolute Gasteiger partial charge is 0.326 e. The number of hydrogen-bond acceptors (Lipinski definition) is 4. The molecule has 5 heteroatoms. The van der Waals surface area contributed by atoms with Gasteiger partial charge in [0.1, 0.15) is 4.32 Å². The van der Waals surface area contributed by atoms with E-state index in [1.54, 1.807) is 25.1 Å². The number of methoxy groups -OCH3 is 1. The van der Waals surface area contributed by atoms with E-state index >= 15 is 0 Å². The lowest BCUT2D eigenvalue weighted by Crippen LogP contribution is -2.29. The van der Waals surface area contributed by atoms with E-state index in [1.807, 2.05) is 0 Å². The molecule has 0 aliphatic carbocycles. The largest absolute Gasteiger partial charge is 0.468 e. The van der Waals surface area contributed by atoms with Gasteiger partial charge in [-0.2, -0.15) is 0 Å². The van der Waals surface area contributed by atoms with Crippen LogP contribution in [0, 0.1) is 0 Å². The average Bonchev–Trinajstić information content (AvgIpc) is 2.36. The van der Waals surface area contributed by atoms with Crippen LogP contribution in [0.4, 0.5) is 0 Å². The molecule has 4 nitrogen and oxygen atoms in total. The second kappa shape index (κ2) is 5.63.